The molecule has 0 saturated heterocycles. The van der Waals surface area contributed by atoms with E-state index in [0.29, 0.717) is 34.2 Å². The van der Waals surface area contributed by atoms with Gasteiger partial charge in [-0.25, -0.2) is 14.6 Å². The molecule has 9 heteroatoms. The molecule has 0 bridgehead atoms. The number of aromatic nitrogens is 5. The van der Waals surface area contributed by atoms with E-state index in [9.17, 15) is 4.79 Å². The summed E-state index contributed by atoms with van der Waals surface area (Å²) < 4.78 is 6.90. The van der Waals surface area contributed by atoms with Crippen molar-refractivity contribution in [2.45, 2.75) is 11.6 Å². The fourth-order valence-corrected chi connectivity index (χ4v) is 3.50. The van der Waals surface area contributed by atoms with E-state index < -0.39 is 0 Å². The molecule has 0 aliphatic rings. The van der Waals surface area contributed by atoms with Crippen molar-refractivity contribution in [3.8, 4) is 5.75 Å². The Hall–Kier alpha value is -3.46. The second kappa shape index (κ2) is 8.70. The Balaban J connectivity index is 1.45. The number of nitrogens with one attached hydrogen (secondary N) is 1. The molecule has 0 aliphatic carbocycles. The topological polar surface area (TPSA) is 94.8 Å². The van der Waals surface area contributed by atoms with Gasteiger partial charge in [-0.05, 0) is 17.7 Å². The predicted molar refractivity (Wildman–Crippen MR) is 111 cm³/mol. The van der Waals surface area contributed by atoms with Gasteiger partial charge in [0.15, 0.2) is 11.2 Å². The molecule has 4 aromatic rings. The summed E-state index contributed by atoms with van der Waals surface area (Å²) in [6.07, 6.45) is 1.47. The average molecular weight is 406 g/mol. The van der Waals surface area contributed by atoms with E-state index in [1.807, 2.05) is 48.5 Å². The summed E-state index contributed by atoms with van der Waals surface area (Å²) in [6, 6.07) is 17.2. The maximum absolute atomic E-state index is 12.3. The van der Waals surface area contributed by atoms with Crippen LogP contribution in [0, 0.1) is 0 Å². The maximum Gasteiger partial charge on any atom is 0.234 e. The minimum absolute atomic E-state index is 0.147. The number of ether oxygens (including phenoxy) is 1. The number of hydrogen-bond acceptors (Lipinski definition) is 7. The number of hydrogen-bond donors (Lipinski definition) is 1. The predicted octanol–water partition coefficient (Wildman–Crippen LogP) is 3.01. The molecule has 0 aliphatic heterocycles. The van der Waals surface area contributed by atoms with Gasteiger partial charge in [0.2, 0.25) is 5.91 Å². The third-order valence-corrected chi connectivity index (χ3v) is 5.11. The Kier molecular flexibility index (Phi) is 5.66. The van der Waals surface area contributed by atoms with Crippen molar-refractivity contribution >= 4 is 34.5 Å². The van der Waals surface area contributed by atoms with Gasteiger partial charge in [-0.1, -0.05) is 53.4 Å². The van der Waals surface area contributed by atoms with Gasteiger partial charge >= 0.3 is 0 Å². The number of nitrogens with zero attached hydrogens (tertiary/aromatic N) is 5. The van der Waals surface area contributed by atoms with E-state index in [-0.39, 0.29) is 11.7 Å². The number of amides is 1. The van der Waals surface area contributed by atoms with Crippen LogP contribution >= 0.6 is 11.8 Å². The number of carbonyl (C=O) groups is 1. The van der Waals surface area contributed by atoms with Gasteiger partial charge in [0, 0.05) is 11.8 Å². The number of carbonyl (C=O) groups excluding carboxylic acids is 1. The highest BCUT2D eigenvalue weighted by Gasteiger charge is 2.14. The molecule has 2 heterocycles. The van der Waals surface area contributed by atoms with Gasteiger partial charge in [-0.2, -0.15) is 0 Å². The molecular weight excluding hydrogens is 388 g/mol. The van der Waals surface area contributed by atoms with Crippen LogP contribution in [0.5, 0.6) is 5.75 Å². The Labute approximate surface area is 171 Å². The van der Waals surface area contributed by atoms with Gasteiger partial charge in [-0.3, -0.25) is 4.79 Å². The third-order valence-electron chi connectivity index (χ3n) is 4.14. The summed E-state index contributed by atoms with van der Waals surface area (Å²) in [7, 11) is 1.59. The molecular formula is C20H18N6O2S. The second-order valence-corrected chi connectivity index (χ2v) is 7.12. The van der Waals surface area contributed by atoms with Crippen LogP contribution in [0.25, 0.3) is 11.2 Å². The molecule has 0 spiro atoms. The van der Waals surface area contributed by atoms with Gasteiger partial charge in [0.1, 0.15) is 17.1 Å². The van der Waals surface area contributed by atoms with Crippen LogP contribution < -0.4 is 10.1 Å². The van der Waals surface area contributed by atoms with E-state index >= 15 is 0 Å². The van der Waals surface area contributed by atoms with Gasteiger partial charge in [0.05, 0.1) is 19.4 Å². The number of fused-ring (bicyclic) bond motifs is 1. The lowest BCUT2D eigenvalue weighted by molar-refractivity contribution is -0.113. The monoisotopic (exact) mass is 406 g/mol. The summed E-state index contributed by atoms with van der Waals surface area (Å²) in [5, 5.41) is 11.9. The molecule has 0 radical (unpaired) electrons. The van der Waals surface area contributed by atoms with Gasteiger partial charge in [-0.15, -0.1) is 5.10 Å². The van der Waals surface area contributed by atoms with Crippen LogP contribution in [0.4, 0.5) is 5.69 Å². The Bertz CT molecular complexity index is 1130. The van der Waals surface area contributed by atoms with Crippen LogP contribution in [0.15, 0.2) is 66.0 Å². The first-order valence-corrected chi connectivity index (χ1v) is 9.86. The highest BCUT2D eigenvalue weighted by atomic mass is 32.2. The first-order chi connectivity index (χ1) is 14.2. The van der Waals surface area contributed by atoms with Crippen LogP contribution in [0.1, 0.15) is 5.56 Å². The van der Waals surface area contributed by atoms with Crippen molar-refractivity contribution in [1.29, 1.82) is 0 Å². The maximum atomic E-state index is 12.3. The Morgan fingerprint density at radius 1 is 1.14 bits per heavy atom. The minimum Gasteiger partial charge on any atom is -0.497 e. The number of rotatable bonds is 7. The highest BCUT2D eigenvalue weighted by molar-refractivity contribution is 8.00. The lowest BCUT2D eigenvalue weighted by atomic mass is 10.2. The van der Waals surface area contributed by atoms with E-state index in [1.165, 1.54) is 18.1 Å². The van der Waals surface area contributed by atoms with Gasteiger partial charge in [0.25, 0.3) is 0 Å². The molecule has 1 amide bonds. The first-order valence-electron chi connectivity index (χ1n) is 8.88. The zero-order valence-corrected chi connectivity index (χ0v) is 16.5. The van der Waals surface area contributed by atoms with E-state index in [1.54, 1.807) is 17.9 Å². The van der Waals surface area contributed by atoms with Crippen LogP contribution in [-0.4, -0.2) is 43.7 Å². The Morgan fingerprint density at radius 2 is 2.00 bits per heavy atom. The van der Waals surface area contributed by atoms with Crippen molar-refractivity contribution in [2.75, 3.05) is 18.2 Å². The van der Waals surface area contributed by atoms with Crippen molar-refractivity contribution in [2.24, 2.45) is 0 Å². The quantitative estimate of drug-likeness (QED) is 0.372. The number of anilines is 1. The molecule has 146 valence electrons. The number of thioether (sulfide) groups is 1. The zero-order valence-electron chi connectivity index (χ0n) is 15.6. The molecule has 29 heavy (non-hydrogen) atoms. The van der Waals surface area contributed by atoms with E-state index in [4.69, 9.17) is 4.74 Å². The van der Waals surface area contributed by atoms with Crippen LogP contribution in [0.3, 0.4) is 0 Å². The lowest BCUT2D eigenvalue weighted by Gasteiger charge is -2.07. The molecule has 4 rings (SSSR count). The van der Waals surface area contributed by atoms with Crippen molar-refractivity contribution in [3.05, 3.63) is 66.5 Å². The molecule has 0 unspecified atom stereocenters. The van der Waals surface area contributed by atoms with Crippen molar-refractivity contribution in [3.63, 3.8) is 0 Å². The Morgan fingerprint density at radius 3 is 2.83 bits per heavy atom. The summed E-state index contributed by atoms with van der Waals surface area (Å²) in [6.45, 7) is 0.564. The SMILES string of the molecule is COc1cccc(NC(=O)CSc2ncnc3c2nnn3Cc2ccccc2)c1. The molecule has 0 atom stereocenters. The fourth-order valence-electron chi connectivity index (χ4n) is 2.77. The summed E-state index contributed by atoms with van der Waals surface area (Å²) in [4.78, 5) is 20.9. The standard InChI is InChI=1S/C20H18N6O2S/c1-28-16-9-5-8-15(10-16)23-17(27)12-29-20-18-19(21-13-22-20)26(25-24-18)11-14-6-3-2-4-7-14/h2-10,13H,11-12H2,1H3,(H,23,27). The fraction of sp³-hybridized carbons (Fsp3) is 0.150. The lowest BCUT2D eigenvalue weighted by Crippen LogP contribution is -2.14. The molecule has 0 saturated carbocycles. The largest absolute Gasteiger partial charge is 0.497 e. The second-order valence-electron chi connectivity index (χ2n) is 6.15. The highest BCUT2D eigenvalue weighted by Crippen LogP contribution is 2.23. The molecule has 0 fully saturated rings. The van der Waals surface area contributed by atoms with Crippen molar-refractivity contribution < 1.29 is 9.53 Å². The van der Waals surface area contributed by atoms with Crippen LogP contribution in [-0.2, 0) is 11.3 Å². The summed E-state index contributed by atoms with van der Waals surface area (Å²) >= 11 is 1.30. The van der Waals surface area contributed by atoms with Crippen LogP contribution in [0.2, 0.25) is 0 Å². The molecule has 2 aromatic carbocycles. The van der Waals surface area contributed by atoms with Crippen molar-refractivity contribution in [1.82, 2.24) is 25.0 Å². The minimum atomic E-state index is -0.147. The summed E-state index contributed by atoms with van der Waals surface area (Å²) in [5.41, 5.74) is 3.00. The van der Waals surface area contributed by atoms with Gasteiger partial charge < -0.3 is 10.1 Å². The molecule has 1 N–H and O–H groups in total. The number of benzene rings is 2. The van der Waals surface area contributed by atoms with E-state index in [0.717, 1.165) is 5.56 Å². The third kappa shape index (κ3) is 4.52. The summed E-state index contributed by atoms with van der Waals surface area (Å²) in [5.74, 6) is 0.726. The first kappa shape index (κ1) is 18.9. The average Bonchev–Trinajstić information content (AvgIpc) is 3.16. The number of methoxy groups -OCH3 is 1. The normalized spacial score (nSPS) is 10.8. The zero-order chi connectivity index (χ0) is 20.1. The molecule has 2 aromatic heterocycles. The van der Waals surface area contributed by atoms with E-state index in [2.05, 4.69) is 25.6 Å². The smallest absolute Gasteiger partial charge is 0.234 e. The molecule has 8 nitrogen and oxygen atoms in total.